The first kappa shape index (κ1) is 4.18. The van der Waals surface area contributed by atoms with Gasteiger partial charge < -0.3 is 0 Å². The molecular weight excluding hydrogens is 132 g/mol. The predicted octanol–water partition coefficient (Wildman–Crippen LogP) is -0.445. The Morgan fingerprint density at radius 1 is 1.17 bits per heavy atom. The normalized spacial score (nSPS) is 28.7. The van der Waals surface area contributed by atoms with Gasteiger partial charge in [0.1, 0.15) is 0 Å². The molecule has 0 bridgehead atoms. The van der Waals surface area contributed by atoms with Crippen LogP contribution in [-0.4, -0.2) is 0 Å². The summed E-state index contributed by atoms with van der Waals surface area (Å²) in [7, 11) is 0. The van der Waals surface area contributed by atoms with Crippen LogP contribution in [0.5, 0.6) is 0 Å². The molecule has 1 fully saturated rings. The van der Waals surface area contributed by atoms with Gasteiger partial charge in [0.05, 0.1) is 0 Å². The summed E-state index contributed by atoms with van der Waals surface area (Å²) in [5.74, 6) is 0. The molecule has 0 amide bonds. The molecule has 36 valence electrons. The molecule has 0 saturated carbocycles. The van der Waals surface area contributed by atoms with Crippen LogP contribution in [0.1, 0.15) is 0 Å². The minimum atomic E-state index is -4.32. The zero-order valence-corrected chi connectivity index (χ0v) is 3.72. The fourth-order valence-corrected chi connectivity index (χ4v) is 0.302. The molecule has 0 aliphatic carbocycles. The molecule has 6 heteroatoms. The van der Waals surface area contributed by atoms with Gasteiger partial charge in [0.25, 0.3) is 0 Å². The van der Waals surface area contributed by atoms with Gasteiger partial charge in [-0.1, -0.05) is 0 Å². The van der Waals surface area contributed by atoms with E-state index >= 15 is 0 Å². The van der Waals surface area contributed by atoms with Crippen LogP contribution in [-0.2, 0) is 34.1 Å². The Morgan fingerprint density at radius 2 is 1.50 bits per heavy atom. The Hall–Kier alpha value is 0.0125. The molecule has 0 atom stereocenters. The van der Waals surface area contributed by atoms with Crippen molar-refractivity contribution in [2.75, 3.05) is 0 Å². The molecule has 0 unspecified atom stereocenters. The van der Waals surface area contributed by atoms with Crippen LogP contribution >= 0.6 is 0 Å². The van der Waals surface area contributed by atoms with Crippen molar-refractivity contribution in [3.63, 3.8) is 0 Å². The molecule has 1 aliphatic heterocycles. The van der Waals surface area contributed by atoms with Crippen molar-refractivity contribution in [3.05, 3.63) is 0 Å². The summed E-state index contributed by atoms with van der Waals surface area (Å²) in [4.78, 5) is 0. The maximum atomic E-state index is 9.59. The second-order valence-corrected chi connectivity index (χ2v) is 2.31. The standard InChI is InChI=1S/Cr.H2O3.2O/c;1-3-2;;/h;1-2H;;/q+2;;;/p-2. The molecule has 0 radical (unpaired) electrons. The van der Waals surface area contributed by atoms with Crippen LogP contribution in [0.3, 0.4) is 0 Å². The third kappa shape index (κ3) is 0.567. The van der Waals surface area contributed by atoms with Crippen LogP contribution in [0, 0.1) is 0 Å². The monoisotopic (exact) mass is 132 g/mol. The van der Waals surface area contributed by atoms with Gasteiger partial charge in [0, 0.05) is 0 Å². The van der Waals surface area contributed by atoms with E-state index in [1.807, 2.05) is 0 Å². The Morgan fingerprint density at radius 3 is 1.50 bits per heavy atom. The van der Waals surface area contributed by atoms with E-state index < -0.39 is 13.6 Å². The van der Waals surface area contributed by atoms with E-state index in [0.29, 0.717) is 0 Å². The molecule has 6 heavy (non-hydrogen) atoms. The SMILES string of the molecule is [O]=[Cr]1(=[O])[O]O[O]1. The van der Waals surface area contributed by atoms with Gasteiger partial charge >= 0.3 is 34.1 Å². The van der Waals surface area contributed by atoms with Crippen molar-refractivity contribution >= 4 is 0 Å². The minimum absolute atomic E-state index is 3.38. The summed E-state index contributed by atoms with van der Waals surface area (Å²) >= 11 is -4.32. The third-order valence-electron chi connectivity index (χ3n) is 0.222. The molecule has 0 aromatic rings. The van der Waals surface area contributed by atoms with Crippen molar-refractivity contribution in [2.45, 2.75) is 0 Å². The van der Waals surface area contributed by atoms with Gasteiger partial charge in [-0.05, 0) is 0 Å². The Bertz CT molecular complexity index is 118. The molecule has 0 aromatic heterocycles. The van der Waals surface area contributed by atoms with Crippen molar-refractivity contribution in [1.29, 1.82) is 0 Å². The van der Waals surface area contributed by atoms with E-state index in [4.69, 9.17) is 0 Å². The van der Waals surface area contributed by atoms with Gasteiger partial charge in [-0.25, -0.2) is 0 Å². The summed E-state index contributed by atoms with van der Waals surface area (Å²) in [5, 5.41) is 3.38. The van der Waals surface area contributed by atoms with E-state index in [1.165, 1.54) is 0 Å². The fourth-order valence-electron chi connectivity index (χ4n) is 0.0731. The van der Waals surface area contributed by atoms with Gasteiger partial charge in [-0.2, -0.15) is 0 Å². The fraction of sp³-hybridized carbons (Fsp3) is 0. The summed E-state index contributed by atoms with van der Waals surface area (Å²) in [5.41, 5.74) is 0. The van der Waals surface area contributed by atoms with Crippen molar-refractivity contribution < 1.29 is 34.1 Å². The maximum absolute atomic E-state index is 9.59. The molecule has 0 spiro atoms. The van der Waals surface area contributed by atoms with Gasteiger partial charge in [-0.15, -0.1) is 0 Å². The molecular formula is CrO5. The average molecular weight is 132 g/mol. The summed E-state index contributed by atoms with van der Waals surface area (Å²) < 4.78 is 26.1. The van der Waals surface area contributed by atoms with Crippen LogP contribution in [0.25, 0.3) is 0 Å². The molecule has 1 rings (SSSR count). The van der Waals surface area contributed by atoms with Gasteiger partial charge in [-0.3, -0.25) is 0 Å². The molecule has 1 aliphatic rings. The predicted molar refractivity (Wildman–Crippen MR) is 4.63 cm³/mol. The van der Waals surface area contributed by atoms with Crippen LogP contribution in [0.2, 0.25) is 0 Å². The Labute approximate surface area is 35.0 Å². The quantitative estimate of drug-likeness (QED) is 0.418. The Balaban J connectivity index is 2.78. The summed E-state index contributed by atoms with van der Waals surface area (Å²) in [6.45, 7) is 0. The van der Waals surface area contributed by atoms with Crippen LogP contribution in [0.4, 0.5) is 0 Å². The van der Waals surface area contributed by atoms with Gasteiger partial charge in [0.15, 0.2) is 0 Å². The number of hydrogen-bond acceptors (Lipinski definition) is 5. The summed E-state index contributed by atoms with van der Waals surface area (Å²) in [6.07, 6.45) is 0. The molecule has 1 heterocycles. The number of hydrogen-bond donors (Lipinski definition) is 0. The van der Waals surface area contributed by atoms with Crippen molar-refractivity contribution in [1.82, 2.24) is 0 Å². The van der Waals surface area contributed by atoms with Crippen molar-refractivity contribution in [3.8, 4) is 0 Å². The average Bonchev–Trinajstić information content (AvgIpc) is 1.32. The zero-order chi connectivity index (χ0) is 4.62. The topological polar surface area (TPSA) is 61.8 Å². The van der Waals surface area contributed by atoms with Crippen LogP contribution in [0.15, 0.2) is 0 Å². The van der Waals surface area contributed by atoms with E-state index in [9.17, 15) is 7.61 Å². The van der Waals surface area contributed by atoms with E-state index in [1.54, 1.807) is 0 Å². The van der Waals surface area contributed by atoms with E-state index in [0.717, 1.165) is 0 Å². The first-order valence-corrected chi connectivity index (χ1v) is 3.08. The molecule has 0 aromatic carbocycles. The van der Waals surface area contributed by atoms with E-state index in [2.05, 4.69) is 12.9 Å². The first-order chi connectivity index (χ1) is 2.71. The van der Waals surface area contributed by atoms with E-state index in [-0.39, 0.29) is 0 Å². The molecule has 0 N–H and O–H groups in total. The first-order valence-electron chi connectivity index (χ1n) is 1.00. The third-order valence-corrected chi connectivity index (χ3v) is 0.916. The van der Waals surface area contributed by atoms with Gasteiger partial charge in [0.2, 0.25) is 0 Å². The molecule has 1 saturated heterocycles. The second-order valence-electron chi connectivity index (χ2n) is 0.612. The molecule has 5 nitrogen and oxygen atoms in total. The summed E-state index contributed by atoms with van der Waals surface area (Å²) in [6, 6.07) is 0. The zero-order valence-electron chi connectivity index (χ0n) is 2.45. The van der Waals surface area contributed by atoms with Crippen LogP contribution < -0.4 is 0 Å². The Kier molecular flexibility index (Phi) is 0.692. The second kappa shape index (κ2) is 0.994. The number of rotatable bonds is 0. The van der Waals surface area contributed by atoms with Crippen molar-refractivity contribution in [2.24, 2.45) is 0 Å².